The lowest BCUT2D eigenvalue weighted by Crippen LogP contribution is -2.71. The molecule has 0 aliphatic carbocycles. The molecule has 15 nitrogen and oxygen atoms in total. The van der Waals surface area contributed by atoms with Crippen molar-refractivity contribution in [2.24, 2.45) is 5.16 Å². The van der Waals surface area contributed by atoms with Gasteiger partial charge >= 0.3 is 17.9 Å². The summed E-state index contributed by atoms with van der Waals surface area (Å²) in [5.41, 5.74) is 2.75. The minimum absolute atomic E-state index is 0.0238. The Morgan fingerprint density at radius 1 is 1.21 bits per heavy atom. The number of aliphatic carboxylic acids is 1. The van der Waals surface area contributed by atoms with E-state index in [1.807, 2.05) is 0 Å². The summed E-state index contributed by atoms with van der Waals surface area (Å²) in [6, 6.07) is -1.14. The van der Waals surface area contributed by atoms with Gasteiger partial charge in [-0.15, -0.1) is 23.1 Å². The summed E-state index contributed by atoms with van der Waals surface area (Å²) in [5, 5.41) is 17.0. The Morgan fingerprint density at radius 3 is 2.43 bits per heavy atom. The number of anilines is 1. The summed E-state index contributed by atoms with van der Waals surface area (Å²) in [5.74, 6) is -4.93. The molecule has 0 aromatic carbocycles. The first kappa shape index (κ1) is 32.5. The number of nitrogens with two attached hydrogens (primary N) is 1. The molecule has 2 aliphatic rings. The molecule has 3 heterocycles. The van der Waals surface area contributed by atoms with Crippen LogP contribution in [0, 0.1) is 0 Å². The number of ether oxygens (including phenoxy) is 2. The molecular weight excluding hydrogens is 594 g/mol. The number of thioether (sulfide) groups is 1. The van der Waals surface area contributed by atoms with E-state index in [1.54, 1.807) is 20.8 Å². The number of fused-ring (bicyclic) bond motifs is 1. The summed E-state index contributed by atoms with van der Waals surface area (Å²) >= 11 is 2.17. The van der Waals surface area contributed by atoms with Crippen LogP contribution >= 0.6 is 23.1 Å². The number of oxime groups is 1. The molecule has 1 fully saturated rings. The molecule has 1 aromatic heterocycles. The Labute approximate surface area is 248 Å². The number of rotatable bonds is 11. The van der Waals surface area contributed by atoms with Gasteiger partial charge in [0.15, 0.2) is 10.8 Å². The van der Waals surface area contributed by atoms with Crippen molar-refractivity contribution in [3.05, 3.63) is 22.3 Å². The van der Waals surface area contributed by atoms with E-state index in [0.717, 1.165) is 28.0 Å². The Bertz CT molecular complexity index is 1380. The van der Waals surface area contributed by atoms with Crippen LogP contribution in [-0.2, 0) is 43.1 Å². The number of amides is 2. The van der Waals surface area contributed by atoms with E-state index in [2.05, 4.69) is 15.5 Å². The van der Waals surface area contributed by atoms with Gasteiger partial charge in [-0.1, -0.05) is 5.16 Å². The molecular formula is C25H31N5O10S2. The Balaban J connectivity index is 1.79. The number of nitrogen functional groups attached to an aromatic ring is 1. The average molecular weight is 626 g/mol. The predicted molar refractivity (Wildman–Crippen MR) is 150 cm³/mol. The molecule has 2 aliphatic heterocycles. The van der Waals surface area contributed by atoms with Crippen LogP contribution in [0.5, 0.6) is 0 Å². The summed E-state index contributed by atoms with van der Waals surface area (Å²) in [7, 11) is 0. The number of aromatic nitrogens is 1. The maximum atomic E-state index is 13.3. The topological polar surface area (TPSA) is 217 Å². The molecule has 17 heteroatoms. The summed E-state index contributed by atoms with van der Waals surface area (Å²) < 4.78 is 10.3. The molecule has 4 N–H and O–H groups in total. The van der Waals surface area contributed by atoms with Gasteiger partial charge in [0, 0.05) is 16.7 Å². The van der Waals surface area contributed by atoms with Gasteiger partial charge in [-0.2, -0.15) is 0 Å². The van der Waals surface area contributed by atoms with Gasteiger partial charge in [-0.25, -0.2) is 14.6 Å². The molecule has 0 bridgehead atoms. The lowest BCUT2D eigenvalue weighted by Gasteiger charge is -2.49. The van der Waals surface area contributed by atoms with Crippen molar-refractivity contribution in [1.82, 2.24) is 15.2 Å². The molecule has 0 spiro atoms. The lowest BCUT2D eigenvalue weighted by atomic mass is 10.0. The summed E-state index contributed by atoms with van der Waals surface area (Å²) in [4.78, 5) is 84.3. The zero-order valence-corrected chi connectivity index (χ0v) is 25.3. The van der Waals surface area contributed by atoms with Crippen molar-refractivity contribution >= 4 is 69.4 Å². The maximum absolute atomic E-state index is 13.3. The normalized spacial score (nSPS) is 19.0. The maximum Gasteiger partial charge on any atom is 0.353 e. The molecule has 2 amide bonds. The standard InChI is InChI=1S/C25H31N5O10S2/c1-11(31)7-14(32)38-8-12-9-41-20-16(19(34)30(20)17(12)21(35)36)28-18(33)15(13-10-42-23(26)27-13)29-40-25(5,6)22(37)39-24(2,3)4/h10,16,20H,7-9H2,1-6H3,(H2,26,27)(H,28,33)(H,35,36)/t16-,20+/m1/s1. The largest absolute Gasteiger partial charge is 0.477 e. The number of β-lactam (4-membered cyclic amide) rings is 1. The highest BCUT2D eigenvalue weighted by atomic mass is 32.2. The van der Waals surface area contributed by atoms with Gasteiger partial charge in [-0.05, 0) is 41.5 Å². The van der Waals surface area contributed by atoms with Crippen molar-refractivity contribution < 1.29 is 48.2 Å². The average Bonchev–Trinajstić information content (AvgIpc) is 3.29. The number of nitrogens with zero attached hydrogens (tertiary/aromatic N) is 3. The number of nitrogens with one attached hydrogen (secondary N) is 1. The fourth-order valence-corrected chi connectivity index (χ4v) is 5.50. The number of thiazole rings is 1. The van der Waals surface area contributed by atoms with Gasteiger partial charge in [0.05, 0.1) is 0 Å². The number of carboxylic acids is 1. The van der Waals surface area contributed by atoms with E-state index in [0.29, 0.717) is 0 Å². The van der Waals surface area contributed by atoms with E-state index in [1.165, 1.54) is 26.2 Å². The molecule has 1 aromatic rings. The number of hydrogen-bond donors (Lipinski definition) is 3. The quantitative estimate of drug-likeness (QED) is 0.102. The highest BCUT2D eigenvalue weighted by Crippen LogP contribution is 2.40. The van der Waals surface area contributed by atoms with Crippen molar-refractivity contribution in [2.75, 3.05) is 18.1 Å². The highest BCUT2D eigenvalue weighted by Gasteiger charge is 2.54. The molecule has 3 rings (SSSR count). The van der Waals surface area contributed by atoms with Crippen LogP contribution in [0.15, 0.2) is 21.8 Å². The molecule has 0 unspecified atom stereocenters. The number of hydrogen-bond acceptors (Lipinski definition) is 14. The van der Waals surface area contributed by atoms with Crippen LogP contribution in [-0.4, -0.2) is 91.2 Å². The van der Waals surface area contributed by atoms with Crippen LogP contribution in [0.25, 0.3) is 0 Å². The molecule has 0 radical (unpaired) electrons. The number of Topliss-reactive ketones (excluding diaryl/α,β-unsaturated/α-hetero) is 1. The third-order valence-corrected chi connectivity index (χ3v) is 7.59. The van der Waals surface area contributed by atoms with Crippen molar-refractivity contribution in [1.29, 1.82) is 0 Å². The SMILES string of the molecule is CC(=O)CC(=O)OCC1=C(C(=O)O)N2C(=O)[C@@H](NC(=O)C(=NOC(C)(C)C(=O)OC(C)(C)C)c3csc(N)n3)[C@@H]2SC1. The fraction of sp³-hybridized carbons (Fsp3) is 0.520. The number of carboxylic acid groups (broad SMARTS) is 1. The van der Waals surface area contributed by atoms with Crippen LogP contribution in [0.3, 0.4) is 0 Å². The van der Waals surface area contributed by atoms with Crippen molar-refractivity contribution in [3.63, 3.8) is 0 Å². The summed E-state index contributed by atoms with van der Waals surface area (Å²) in [6.07, 6.45) is -0.463. The number of carbonyl (C=O) groups excluding carboxylic acids is 5. The zero-order valence-electron chi connectivity index (χ0n) is 23.7. The van der Waals surface area contributed by atoms with E-state index >= 15 is 0 Å². The Kier molecular flexibility index (Phi) is 9.66. The first-order valence-corrected chi connectivity index (χ1v) is 14.4. The van der Waals surface area contributed by atoms with Gasteiger partial charge in [0.1, 0.15) is 47.2 Å². The predicted octanol–water partition coefficient (Wildman–Crippen LogP) is 0.827. The van der Waals surface area contributed by atoms with Crippen LogP contribution in [0.4, 0.5) is 5.13 Å². The van der Waals surface area contributed by atoms with Crippen molar-refractivity contribution in [2.45, 2.75) is 70.6 Å². The zero-order chi connectivity index (χ0) is 31.6. The molecule has 42 heavy (non-hydrogen) atoms. The van der Waals surface area contributed by atoms with Crippen LogP contribution < -0.4 is 11.1 Å². The Hall–Kier alpha value is -3.99. The van der Waals surface area contributed by atoms with E-state index in [9.17, 15) is 33.9 Å². The molecule has 0 saturated carbocycles. The number of carbonyl (C=O) groups is 6. The van der Waals surface area contributed by atoms with Gasteiger partial charge in [0.25, 0.3) is 11.8 Å². The van der Waals surface area contributed by atoms with Crippen LogP contribution in [0.1, 0.15) is 53.7 Å². The molecule has 228 valence electrons. The number of ketones is 1. The minimum Gasteiger partial charge on any atom is -0.477 e. The number of esters is 2. The van der Waals surface area contributed by atoms with E-state index in [-0.39, 0.29) is 33.6 Å². The van der Waals surface area contributed by atoms with Gasteiger partial charge in [0.2, 0.25) is 5.60 Å². The lowest BCUT2D eigenvalue weighted by molar-refractivity contribution is -0.179. The Morgan fingerprint density at radius 2 is 1.88 bits per heavy atom. The minimum atomic E-state index is -1.60. The first-order chi connectivity index (χ1) is 19.4. The van der Waals surface area contributed by atoms with E-state index < -0.39 is 71.2 Å². The second-order valence-corrected chi connectivity index (χ2v) is 12.8. The monoisotopic (exact) mass is 625 g/mol. The fourth-order valence-electron chi connectivity index (χ4n) is 3.62. The third-order valence-electron chi connectivity index (χ3n) is 5.57. The second-order valence-electron chi connectivity index (χ2n) is 10.8. The van der Waals surface area contributed by atoms with E-state index in [4.69, 9.17) is 20.0 Å². The highest BCUT2D eigenvalue weighted by molar-refractivity contribution is 8.00. The summed E-state index contributed by atoms with van der Waals surface area (Å²) in [6.45, 7) is 8.63. The van der Waals surface area contributed by atoms with Gasteiger partial charge in [-0.3, -0.25) is 24.1 Å². The smallest absolute Gasteiger partial charge is 0.353 e. The molecule has 1 saturated heterocycles. The second kappa shape index (κ2) is 12.5. The van der Waals surface area contributed by atoms with Crippen LogP contribution in [0.2, 0.25) is 0 Å². The molecule has 2 atom stereocenters. The third kappa shape index (κ3) is 7.64. The van der Waals surface area contributed by atoms with Crippen molar-refractivity contribution in [3.8, 4) is 0 Å². The first-order valence-electron chi connectivity index (χ1n) is 12.5. The van der Waals surface area contributed by atoms with Gasteiger partial charge < -0.3 is 30.5 Å².